The second kappa shape index (κ2) is 12.9. The van der Waals surface area contributed by atoms with E-state index in [1.807, 2.05) is 38.1 Å². The van der Waals surface area contributed by atoms with Gasteiger partial charge < -0.3 is 25.0 Å². The second-order valence-electron chi connectivity index (χ2n) is 11.0. The van der Waals surface area contributed by atoms with Crippen molar-refractivity contribution in [1.82, 2.24) is 10.2 Å². The molecule has 1 fully saturated rings. The van der Waals surface area contributed by atoms with E-state index in [9.17, 15) is 24.9 Å². The van der Waals surface area contributed by atoms with E-state index >= 15 is 0 Å². The van der Waals surface area contributed by atoms with Crippen LogP contribution in [0.4, 0.5) is 4.79 Å². The second-order valence-corrected chi connectivity index (χ2v) is 11.0. The molecule has 2 amide bonds. The summed E-state index contributed by atoms with van der Waals surface area (Å²) in [5, 5.41) is 31.7. The van der Waals surface area contributed by atoms with Crippen molar-refractivity contribution in [2.75, 3.05) is 13.2 Å². The lowest BCUT2D eigenvalue weighted by Crippen LogP contribution is -2.51. The van der Waals surface area contributed by atoms with Crippen LogP contribution in [0.1, 0.15) is 64.5 Å². The predicted molar refractivity (Wildman–Crippen MR) is 135 cm³/mol. The molecule has 3 N–H and O–H groups in total. The Balaban J connectivity index is 1.98. The Kier molecular flexibility index (Phi) is 10.6. The fourth-order valence-electron chi connectivity index (χ4n) is 4.73. The highest BCUT2D eigenvalue weighted by Gasteiger charge is 2.36. The van der Waals surface area contributed by atoms with Gasteiger partial charge in [0, 0.05) is 6.54 Å². The zero-order valence-corrected chi connectivity index (χ0v) is 21.7. The number of aryl methyl sites for hydroxylation is 1. The molecular weight excluding hydrogens is 445 g/mol. The zero-order valence-electron chi connectivity index (χ0n) is 21.7. The molecule has 0 radical (unpaired) electrons. The molecule has 1 aromatic carbocycles. The van der Waals surface area contributed by atoms with Crippen LogP contribution in [0.5, 0.6) is 0 Å². The average Bonchev–Trinajstić information content (AvgIpc) is 2.78. The number of piperidine rings is 1. The van der Waals surface area contributed by atoms with Crippen LogP contribution in [0.3, 0.4) is 0 Å². The average molecular weight is 485 g/mol. The quantitative estimate of drug-likeness (QED) is 0.462. The van der Waals surface area contributed by atoms with Gasteiger partial charge in [0.05, 0.1) is 18.1 Å². The first-order valence-electron chi connectivity index (χ1n) is 12.5. The summed E-state index contributed by atoms with van der Waals surface area (Å²) >= 11 is 0. The van der Waals surface area contributed by atoms with Gasteiger partial charge in [0.2, 0.25) is 5.91 Å². The topological polar surface area (TPSA) is 123 Å². The molecule has 4 atom stereocenters. The van der Waals surface area contributed by atoms with Crippen LogP contribution in [-0.4, -0.2) is 59.2 Å². The number of benzene rings is 1. The highest BCUT2D eigenvalue weighted by Crippen LogP contribution is 2.31. The minimum Gasteiger partial charge on any atom is -0.447 e. The molecule has 1 aliphatic heterocycles. The van der Waals surface area contributed by atoms with Crippen LogP contribution in [0.15, 0.2) is 24.3 Å². The van der Waals surface area contributed by atoms with Gasteiger partial charge in [-0.05, 0) is 55.9 Å². The van der Waals surface area contributed by atoms with Gasteiger partial charge in [-0.15, -0.1) is 0 Å². The maximum atomic E-state index is 13.3. The molecule has 0 spiro atoms. The number of amides is 2. The number of alkyl carbamates (subject to hydrolysis) is 1. The molecule has 0 aliphatic carbocycles. The number of rotatable bonds is 9. The van der Waals surface area contributed by atoms with Gasteiger partial charge >= 0.3 is 13.2 Å². The van der Waals surface area contributed by atoms with Crippen molar-refractivity contribution in [2.24, 2.45) is 17.3 Å². The van der Waals surface area contributed by atoms with Crippen LogP contribution in [-0.2, 0) is 16.0 Å². The molecular formula is C26H40BN3O5. The molecule has 0 bridgehead atoms. The number of hydrogen-bond acceptors (Lipinski definition) is 6. The van der Waals surface area contributed by atoms with Crippen molar-refractivity contribution in [1.29, 1.82) is 5.26 Å². The fourth-order valence-corrected chi connectivity index (χ4v) is 4.73. The SMILES string of the molecule is Cc1ccc(C[C@H](NC(=O)OC[C@H]2CCCCN2C(=O)C(C#N)C(C)CC(C)(C)C)B(O)O)cc1. The van der Waals surface area contributed by atoms with Crippen molar-refractivity contribution in [3.05, 3.63) is 35.4 Å². The molecule has 2 unspecified atom stereocenters. The fraction of sp³-hybridized carbons (Fsp3) is 0.654. The van der Waals surface area contributed by atoms with Gasteiger partial charge in [-0.3, -0.25) is 4.79 Å². The Labute approximate surface area is 209 Å². The summed E-state index contributed by atoms with van der Waals surface area (Å²) in [6.45, 7) is 10.7. The van der Waals surface area contributed by atoms with E-state index in [0.717, 1.165) is 30.4 Å². The van der Waals surface area contributed by atoms with E-state index in [1.165, 1.54) is 0 Å². The maximum Gasteiger partial charge on any atom is 0.475 e. The first-order chi connectivity index (χ1) is 16.4. The summed E-state index contributed by atoms with van der Waals surface area (Å²) in [7, 11) is -1.75. The van der Waals surface area contributed by atoms with E-state index in [1.54, 1.807) is 4.90 Å². The lowest BCUT2D eigenvalue weighted by molar-refractivity contribution is -0.140. The summed E-state index contributed by atoms with van der Waals surface area (Å²) in [6, 6.07) is 9.47. The molecule has 192 valence electrons. The van der Waals surface area contributed by atoms with Crippen molar-refractivity contribution < 1.29 is 24.4 Å². The normalized spacial score (nSPS) is 18.7. The Morgan fingerprint density at radius 1 is 1.26 bits per heavy atom. The molecule has 1 heterocycles. The summed E-state index contributed by atoms with van der Waals surface area (Å²) < 4.78 is 5.40. The summed E-state index contributed by atoms with van der Waals surface area (Å²) in [5.41, 5.74) is 1.94. The van der Waals surface area contributed by atoms with Gasteiger partial charge in [0.1, 0.15) is 12.5 Å². The standard InChI is InChI=1S/C26H40BN3O5/c1-18-9-11-20(12-10-18)14-23(27(33)34)29-25(32)35-17-21-8-6-7-13-30(21)24(31)22(16-28)19(2)15-26(3,4)5/h9-12,19,21-23,33-34H,6-8,13-15,17H2,1-5H3,(H,29,32)/t19?,21-,22?,23+/m1/s1. The smallest absolute Gasteiger partial charge is 0.447 e. The van der Waals surface area contributed by atoms with Crippen LogP contribution in [0, 0.1) is 35.5 Å². The third kappa shape index (κ3) is 9.19. The number of nitrogens with one attached hydrogen (secondary N) is 1. The molecule has 8 nitrogen and oxygen atoms in total. The molecule has 9 heteroatoms. The van der Waals surface area contributed by atoms with Crippen molar-refractivity contribution in [3.63, 3.8) is 0 Å². The van der Waals surface area contributed by atoms with E-state index in [4.69, 9.17) is 4.74 Å². The highest BCUT2D eigenvalue weighted by molar-refractivity contribution is 6.43. The monoisotopic (exact) mass is 485 g/mol. The number of nitriles is 1. The van der Waals surface area contributed by atoms with E-state index in [-0.39, 0.29) is 36.3 Å². The van der Waals surface area contributed by atoms with E-state index in [0.29, 0.717) is 13.0 Å². The zero-order chi connectivity index (χ0) is 26.2. The molecule has 0 saturated carbocycles. The van der Waals surface area contributed by atoms with Gasteiger partial charge in [-0.2, -0.15) is 5.26 Å². The number of carbonyl (C=O) groups excluding carboxylic acids is 2. The van der Waals surface area contributed by atoms with Crippen LogP contribution >= 0.6 is 0 Å². The third-order valence-corrected chi connectivity index (χ3v) is 6.46. The Bertz CT molecular complexity index is 878. The van der Waals surface area contributed by atoms with Crippen molar-refractivity contribution >= 4 is 19.1 Å². The molecule has 2 rings (SSSR count). The molecule has 1 aromatic rings. The molecule has 35 heavy (non-hydrogen) atoms. The number of ether oxygens (including phenoxy) is 1. The summed E-state index contributed by atoms with van der Waals surface area (Å²) in [6.07, 6.45) is 2.64. The van der Waals surface area contributed by atoms with Gasteiger partial charge in [0.25, 0.3) is 0 Å². The highest BCUT2D eigenvalue weighted by atomic mass is 16.5. The van der Waals surface area contributed by atoms with Gasteiger partial charge in [-0.25, -0.2) is 4.79 Å². The predicted octanol–water partition coefficient (Wildman–Crippen LogP) is 3.24. The largest absolute Gasteiger partial charge is 0.475 e. The number of nitrogens with zero attached hydrogens (tertiary/aromatic N) is 2. The van der Waals surface area contributed by atoms with Gasteiger partial charge in [0.15, 0.2) is 0 Å². The number of likely N-dealkylation sites (tertiary alicyclic amines) is 1. The Morgan fingerprint density at radius 3 is 2.49 bits per heavy atom. The van der Waals surface area contributed by atoms with Crippen LogP contribution in [0.25, 0.3) is 0 Å². The molecule has 1 aliphatic rings. The Hall–Kier alpha value is -2.57. The van der Waals surface area contributed by atoms with Crippen molar-refractivity contribution in [3.8, 4) is 6.07 Å². The van der Waals surface area contributed by atoms with Crippen LogP contribution < -0.4 is 5.32 Å². The first kappa shape index (κ1) is 28.7. The van der Waals surface area contributed by atoms with Crippen LogP contribution in [0.2, 0.25) is 0 Å². The Morgan fingerprint density at radius 2 is 1.91 bits per heavy atom. The lowest BCUT2D eigenvalue weighted by Gasteiger charge is -2.38. The minimum absolute atomic E-state index is 0.00366. The third-order valence-electron chi connectivity index (χ3n) is 6.46. The minimum atomic E-state index is -1.75. The summed E-state index contributed by atoms with van der Waals surface area (Å²) in [4.78, 5) is 27.4. The number of hydrogen-bond donors (Lipinski definition) is 3. The van der Waals surface area contributed by atoms with Crippen molar-refractivity contribution in [2.45, 2.75) is 78.7 Å². The first-order valence-corrected chi connectivity index (χ1v) is 12.5. The van der Waals surface area contributed by atoms with E-state index in [2.05, 4.69) is 32.2 Å². The molecule has 0 aromatic heterocycles. The number of carbonyl (C=O) groups is 2. The summed E-state index contributed by atoms with van der Waals surface area (Å²) in [5.74, 6) is -1.98. The maximum absolute atomic E-state index is 13.3. The lowest BCUT2D eigenvalue weighted by atomic mass is 9.76. The molecule has 1 saturated heterocycles. The van der Waals surface area contributed by atoms with E-state index < -0.39 is 25.1 Å². The van der Waals surface area contributed by atoms with Gasteiger partial charge in [-0.1, -0.05) is 57.5 Å².